The van der Waals surface area contributed by atoms with E-state index in [1.807, 2.05) is 19.2 Å². The Bertz CT molecular complexity index is 635. The summed E-state index contributed by atoms with van der Waals surface area (Å²) in [6.07, 6.45) is 4.25. The van der Waals surface area contributed by atoms with E-state index in [0.29, 0.717) is 6.54 Å². The molecule has 1 aromatic heterocycles. The molecule has 2 aromatic rings. The Kier molecular flexibility index (Phi) is 5.18. The van der Waals surface area contributed by atoms with Crippen LogP contribution in [0.1, 0.15) is 24.2 Å². The Morgan fingerprint density at radius 1 is 1.22 bits per heavy atom. The molecule has 4 nitrogen and oxygen atoms in total. The largest absolute Gasteiger partial charge is 0.467 e. The van der Waals surface area contributed by atoms with Gasteiger partial charge in [0, 0.05) is 32.4 Å². The second-order valence-corrected chi connectivity index (χ2v) is 6.30. The fourth-order valence-electron chi connectivity index (χ4n) is 2.95. The molecule has 1 N–H and O–H groups in total. The number of furan rings is 1. The number of nitrogens with zero attached hydrogens (tertiary/aromatic N) is 2. The molecule has 0 spiro atoms. The summed E-state index contributed by atoms with van der Waals surface area (Å²) in [6, 6.07) is 12.5. The zero-order valence-corrected chi connectivity index (χ0v) is 14.3. The summed E-state index contributed by atoms with van der Waals surface area (Å²) in [5, 5.41) is 3.98. The predicted octanol–water partition coefficient (Wildman–Crippen LogP) is 3.39. The minimum Gasteiger partial charge on any atom is -0.467 e. The second-order valence-electron chi connectivity index (χ2n) is 5.92. The van der Waals surface area contributed by atoms with Crippen molar-refractivity contribution >= 4 is 23.0 Å². The summed E-state index contributed by atoms with van der Waals surface area (Å²) in [4.78, 5) is 4.55. The molecule has 0 bridgehead atoms. The van der Waals surface area contributed by atoms with Crippen LogP contribution < -0.4 is 10.2 Å². The minimum absolute atomic E-state index is 0.615. The lowest BCUT2D eigenvalue weighted by molar-refractivity contribution is 0.468. The van der Waals surface area contributed by atoms with Gasteiger partial charge in [0.1, 0.15) is 5.76 Å². The molecule has 0 radical (unpaired) electrons. The van der Waals surface area contributed by atoms with Crippen LogP contribution >= 0.6 is 12.2 Å². The molecule has 1 aliphatic rings. The van der Waals surface area contributed by atoms with Crippen molar-refractivity contribution in [1.29, 1.82) is 0 Å². The third-order valence-corrected chi connectivity index (χ3v) is 4.64. The number of hydrogen-bond acceptors (Lipinski definition) is 3. The van der Waals surface area contributed by atoms with E-state index in [1.54, 1.807) is 6.26 Å². The molecule has 0 amide bonds. The van der Waals surface area contributed by atoms with Gasteiger partial charge in [-0.2, -0.15) is 0 Å². The number of hydrogen-bond donors (Lipinski definition) is 1. The van der Waals surface area contributed by atoms with Crippen LogP contribution in [0.2, 0.25) is 0 Å². The molecule has 0 atom stereocenters. The van der Waals surface area contributed by atoms with Crippen molar-refractivity contribution < 1.29 is 4.42 Å². The van der Waals surface area contributed by atoms with Gasteiger partial charge in [0.15, 0.2) is 5.11 Å². The first-order valence-electron chi connectivity index (χ1n) is 8.08. The predicted molar refractivity (Wildman–Crippen MR) is 97.5 cm³/mol. The average Bonchev–Trinajstić information content (AvgIpc) is 3.26. The van der Waals surface area contributed by atoms with Gasteiger partial charge in [-0.05, 0) is 48.8 Å². The third kappa shape index (κ3) is 4.05. The first-order valence-corrected chi connectivity index (χ1v) is 8.49. The zero-order chi connectivity index (χ0) is 16.1. The summed E-state index contributed by atoms with van der Waals surface area (Å²) < 4.78 is 5.32. The van der Waals surface area contributed by atoms with Gasteiger partial charge in [0.25, 0.3) is 0 Å². The van der Waals surface area contributed by atoms with Crippen LogP contribution in [0.4, 0.5) is 5.69 Å². The summed E-state index contributed by atoms with van der Waals surface area (Å²) in [7, 11) is 2.03. The van der Waals surface area contributed by atoms with Gasteiger partial charge in [-0.15, -0.1) is 0 Å². The van der Waals surface area contributed by atoms with Crippen LogP contribution in [0, 0.1) is 0 Å². The number of rotatable bonds is 5. The highest BCUT2D eigenvalue weighted by Crippen LogP contribution is 2.25. The van der Waals surface area contributed by atoms with Gasteiger partial charge in [0.05, 0.1) is 12.8 Å². The van der Waals surface area contributed by atoms with E-state index in [9.17, 15) is 0 Å². The molecule has 0 unspecified atom stereocenters. The van der Waals surface area contributed by atoms with Gasteiger partial charge >= 0.3 is 0 Å². The SMILES string of the molecule is CN(Cc1ccccc1N1CCCC1)C(=S)NCc1ccco1. The van der Waals surface area contributed by atoms with Crippen molar-refractivity contribution in [2.45, 2.75) is 25.9 Å². The molecule has 3 rings (SSSR count). The van der Waals surface area contributed by atoms with Crippen LogP contribution in [0.3, 0.4) is 0 Å². The van der Waals surface area contributed by atoms with E-state index in [1.165, 1.54) is 24.1 Å². The molecular formula is C18H23N3OS. The summed E-state index contributed by atoms with van der Waals surface area (Å²) in [6.45, 7) is 3.73. The minimum atomic E-state index is 0.615. The van der Waals surface area contributed by atoms with Gasteiger partial charge in [-0.3, -0.25) is 0 Å². The first kappa shape index (κ1) is 15.9. The molecule has 1 saturated heterocycles. The molecule has 1 fully saturated rings. The number of anilines is 1. The topological polar surface area (TPSA) is 31.6 Å². The molecule has 23 heavy (non-hydrogen) atoms. The lowest BCUT2D eigenvalue weighted by Crippen LogP contribution is -2.36. The lowest BCUT2D eigenvalue weighted by atomic mass is 10.1. The fourth-order valence-corrected chi connectivity index (χ4v) is 3.09. The fraction of sp³-hybridized carbons (Fsp3) is 0.389. The summed E-state index contributed by atoms with van der Waals surface area (Å²) in [5.74, 6) is 0.887. The Hall–Kier alpha value is -2.01. The van der Waals surface area contributed by atoms with Gasteiger partial charge in [0.2, 0.25) is 0 Å². The molecule has 5 heteroatoms. The molecule has 2 heterocycles. The van der Waals surface area contributed by atoms with Crippen molar-refractivity contribution in [1.82, 2.24) is 10.2 Å². The Balaban J connectivity index is 1.60. The van der Waals surface area contributed by atoms with Crippen LogP contribution in [0.5, 0.6) is 0 Å². The van der Waals surface area contributed by atoms with Crippen LogP contribution in [0.15, 0.2) is 47.1 Å². The molecule has 1 aromatic carbocycles. The molecule has 0 aliphatic carbocycles. The average molecular weight is 329 g/mol. The lowest BCUT2D eigenvalue weighted by Gasteiger charge is -2.26. The number of para-hydroxylation sites is 1. The number of benzene rings is 1. The van der Waals surface area contributed by atoms with Crippen molar-refractivity contribution in [2.75, 3.05) is 25.0 Å². The maximum Gasteiger partial charge on any atom is 0.169 e. The van der Waals surface area contributed by atoms with E-state index in [0.717, 1.165) is 30.5 Å². The van der Waals surface area contributed by atoms with Crippen LogP contribution in [-0.2, 0) is 13.1 Å². The third-order valence-electron chi connectivity index (χ3n) is 4.19. The van der Waals surface area contributed by atoms with Crippen LogP contribution in [0.25, 0.3) is 0 Å². The maximum absolute atomic E-state index is 5.49. The van der Waals surface area contributed by atoms with E-state index >= 15 is 0 Å². The highest BCUT2D eigenvalue weighted by atomic mass is 32.1. The Labute approximate surface area is 143 Å². The van der Waals surface area contributed by atoms with Crippen molar-refractivity contribution in [3.8, 4) is 0 Å². The quantitative estimate of drug-likeness (QED) is 0.850. The zero-order valence-electron chi connectivity index (χ0n) is 13.5. The Morgan fingerprint density at radius 3 is 2.74 bits per heavy atom. The molecule has 122 valence electrons. The van der Waals surface area contributed by atoms with Gasteiger partial charge in [-0.25, -0.2) is 0 Å². The Morgan fingerprint density at radius 2 is 2.00 bits per heavy atom. The summed E-state index contributed by atoms with van der Waals surface area (Å²) >= 11 is 5.49. The number of thiocarbonyl (C=S) groups is 1. The molecular weight excluding hydrogens is 306 g/mol. The van der Waals surface area contributed by atoms with Crippen molar-refractivity contribution in [3.63, 3.8) is 0 Å². The normalized spacial score (nSPS) is 14.0. The highest BCUT2D eigenvalue weighted by molar-refractivity contribution is 7.80. The smallest absolute Gasteiger partial charge is 0.169 e. The maximum atomic E-state index is 5.49. The first-order chi connectivity index (χ1) is 11.2. The molecule has 1 aliphatic heterocycles. The molecule has 0 saturated carbocycles. The van der Waals surface area contributed by atoms with E-state index < -0.39 is 0 Å². The van der Waals surface area contributed by atoms with Gasteiger partial charge < -0.3 is 19.5 Å². The van der Waals surface area contributed by atoms with Crippen LogP contribution in [-0.4, -0.2) is 30.1 Å². The standard InChI is InChI=1S/C18H23N3OS/c1-20(18(23)19-13-16-8-6-12-22-16)14-15-7-2-3-9-17(15)21-10-4-5-11-21/h2-3,6-9,12H,4-5,10-11,13-14H2,1H3,(H,19,23). The highest BCUT2D eigenvalue weighted by Gasteiger charge is 2.16. The van der Waals surface area contributed by atoms with E-state index in [4.69, 9.17) is 16.6 Å². The van der Waals surface area contributed by atoms with E-state index in [-0.39, 0.29) is 0 Å². The monoisotopic (exact) mass is 329 g/mol. The second kappa shape index (κ2) is 7.51. The van der Waals surface area contributed by atoms with Crippen molar-refractivity contribution in [2.24, 2.45) is 0 Å². The number of nitrogens with one attached hydrogen (secondary N) is 1. The van der Waals surface area contributed by atoms with Crippen molar-refractivity contribution in [3.05, 3.63) is 54.0 Å². The van der Waals surface area contributed by atoms with E-state index in [2.05, 4.69) is 39.4 Å². The van der Waals surface area contributed by atoms with Gasteiger partial charge in [-0.1, -0.05) is 18.2 Å². The summed E-state index contributed by atoms with van der Waals surface area (Å²) in [5.41, 5.74) is 2.66.